The van der Waals surface area contributed by atoms with Gasteiger partial charge in [0.05, 0.1) is 15.4 Å². The minimum Gasteiger partial charge on any atom is -0.460 e. The van der Waals surface area contributed by atoms with Gasteiger partial charge < -0.3 is 4.42 Å². The lowest BCUT2D eigenvalue weighted by atomic mass is 10.4. The Morgan fingerprint density at radius 3 is 2.88 bits per heavy atom. The van der Waals surface area contributed by atoms with Crippen molar-refractivity contribution in [2.24, 2.45) is 5.10 Å². The van der Waals surface area contributed by atoms with E-state index in [2.05, 4.69) is 10.5 Å². The molecule has 0 aliphatic heterocycles. The van der Waals surface area contributed by atoms with Gasteiger partial charge in [-0.1, -0.05) is 11.6 Å². The lowest BCUT2D eigenvalue weighted by Gasteiger charge is -1.94. The van der Waals surface area contributed by atoms with Crippen LogP contribution < -0.4 is 5.43 Å². The molecule has 1 amide bonds. The molecule has 0 unspecified atom stereocenters. The van der Waals surface area contributed by atoms with Crippen molar-refractivity contribution in [1.29, 1.82) is 0 Å². The number of carbonyl (C=O) groups is 1. The zero-order valence-corrected chi connectivity index (χ0v) is 10.5. The monoisotopic (exact) mass is 268 g/mol. The molecule has 2 aromatic rings. The number of thiophene rings is 1. The molecule has 6 heteroatoms. The summed E-state index contributed by atoms with van der Waals surface area (Å²) >= 11 is 6.92. The van der Waals surface area contributed by atoms with Crippen LogP contribution >= 0.6 is 22.9 Å². The maximum Gasteiger partial charge on any atom is 0.281 e. The number of hydrazone groups is 1. The lowest BCUT2D eigenvalue weighted by molar-refractivity contribution is 0.0959. The predicted molar refractivity (Wildman–Crippen MR) is 67.8 cm³/mol. The Morgan fingerprint density at radius 2 is 2.29 bits per heavy atom. The fraction of sp³-hybridized carbons (Fsp3) is 0.0909. The van der Waals surface area contributed by atoms with Gasteiger partial charge in [-0.05, 0) is 31.2 Å². The number of hydrogen-bond acceptors (Lipinski definition) is 4. The summed E-state index contributed by atoms with van der Waals surface area (Å²) in [6.07, 6.45) is 1.44. The summed E-state index contributed by atoms with van der Waals surface area (Å²) in [4.78, 5) is 12.1. The number of aryl methyl sites for hydroxylation is 1. The number of nitrogens with zero attached hydrogens (tertiary/aromatic N) is 1. The molecular weight excluding hydrogens is 260 g/mol. The molecule has 0 aliphatic rings. The van der Waals surface area contributed by atoms with Gasteiger partial charge in [0.15, 0.2) is 0 Å². The van der Waals surface area contributed by atoms with E-state index in [4.69, 9.17) is 16.0 Å². The van der Waals surface area contributed by atoms with Crippen molar-refractivity contribution in [2.45, 2.75) is 6.92 Å². The number of hydrogen-bond donors (Lipinski definition) is 1. The SMILES string of the molecule is Cc1ccc(/C=N/NC(=O)c2ccc(Cl)s2)o1. The van der Waals surface area contributed by atoms with E-state index >= 15 is 0 Å². The first-order chi connectivity index (χ1) is 8.15. The maximum atomic E-state index is 11.5. The van der Waals surface area contributed by atoms with E-state index in [0.29, 0.717) is 15.0 Å². The van der Waals surface area contributed by atoms with Gasteiger partial charge in [-0.2, -0.15) is 5.10 Å². The van der Waals surface area contributed by atoms with Crippen LogP contribution in [0.4, 0.5) is 0 Å². The molecule has 88 valence electrons. The van der Waals surface area contributed by atoms with Crippen LogP contribution in [0.25, 0.3) is 0 Å². The minimum absolute atomic E-state index is 0.290. The largest absolute Gasteiger partial charge is 0.460 e. The van der Waals surface area contributed by atoms with Crippen molar-refractivity contribution in [3.63, 3.8) is 0 Å². The Labute approximate surface area is 107 Å². The van der Waals surface area contributed by atoms with Crippen LogP contribution in [0.1, 0.15) is 21.2 Å². The van der Waals surface area contributed by atoms with Crippen LogP contribution in [-0.4, -0.2) is 12.1 Å². The van der Waals surface area contributed by atoms with Gasteiger partial charge in [-0.3, -0.25) is 4.79 Å². The molecule has 0 saturated carbocycles. The molecule has 17 heavy (non-hydrogen) atoms. The van der Waals surface area contributed by atoms with Crippen LogP contribution in [0, 0.1) is 6.92 Å². The van der Waals surface area contributed by atoms with Gasteiger partial charge in [0.1, 0.15) is 11.5 Å². The molecule has 4 nitrogen and oxygen atoms in total. The molecule has 0 spiro atoms. The highest BCUT2D eigenvalue weighted by molar-refractivity contribution is 7.17. The van der Waals surface area contributed by atoms with E-state index in [1.807, 2.05) is 13.0 Å². The molecule has 2 aromatic heterocycles. The molecular formula is C11H9ClN2O2S. The predicted octanol–water partition coefficient (Wildman–Crippen LogP) is 3.07. The van der Waals surface area contributed by atoms with Crippen molar-refractivity contribution in [2.75, 3.05) is 0 Å². The molecule has 0 saturated heterocycles. The fourth-order valence-electron chi connectivity index (χ4n) is 1.17. The Balaban J connectivity index is 1.94. The van der Waals surface area contributed by atoms with Crippen molar-refractivity contribution in [1.82, 2.24) is 5.43 Å². The third-order valence-electron chi connectivity index (χ3n) is 1.92. The van der Waals surface area contributed by atoms with Crippen LogP contribution in [0.15, 0.2) is 33.8 Å². The molecule has 0 bridgehead atoms. The van der Waals surface area contributed by atoms with Crippen molar-refractivity contribution < 1.29 is 9.21 Å². The molecule has 2 rings (SSSR count). The van der Waals surface area contributed by atoms with E-state index in [0.717, 1.165) is 5.76 Å². The molecule has 2 heterocycles. The molecule has 0 aromatic carbocycles. The molecule has 0 fully saturated rings. The van der Waals surface area contributed by atoms with Gasteiger partial charge in [-0.15, -0.1) is 11.3 Å². The minimum atomic E-state index is -0.290. The second-order valence-corrected chi connectivity index (χ2v) is 4.97. The summed E-state index contributed by atoms with van der Waals surface area (Å²) in [6, 6.07) is 6.91. The summed E-state index contributed by atoms with van der Waals surface area (Å²) in [7, 11) is 0. The second kappa shape index (κ2) is 5.16. The zero-order valence-electron chi connectivity index (χ0n) is 8.94. The first kappa shape index (κ1) is 11.9. The number of nitrogens with one attached hydrogen (secondary N) is 1. The lowest BCUT2D eigenvalue weighted by Crippen LogP contribution is -2.15. The summed E-state index contributed by atoms with van der Waals surface area (Å²) in [5, 5.41) is 3.79. The first-order valence-corrected chi connectivity index (χ1v) is 6.00. The number of carbonyl (C=O) groups excluding carboxylic acids is 1. The fourth-order valence-corrected chi connectivity index (χ4v) is 2.10. The quantitative estimate of drug-likeness (QED) is 0.687. The van der Waals surface area contributed by atoms with Gasteiger partial charge in [0.25, 0.3) is 5.91 Å². The van der Waals surface area contributed by atoms with Gasteiger partial charge in [0.2, 0.25) is 0 Å². The van der Waals surface area contributed by atoms with Crippen molar-refractivity contribution in [3.05, 3.63) is 45.0 Å². The van der Waals surface area contributed by atoms with Crippen molar-refractivity contribution in [3.8, 4) is 0 Å². The summed E-state index contributed by atoms with van der Waals surface area (Å²) in [5.74, 6) is 1.09. The summed E-state index contributed by atoms with van der Waals surface area (Å²) in [5.41, 5.74) is 2.39. The number of halogens is 1. The Morgan fingerprint density at radius 1 is 1.47 bits per heavy atom. The average molecular weight is 269 g/mol. The summed E-state index contributed by atoms with van der Waals surface area (Å²) in [6.45, 7) is 1.84. The van der Waals surface area contributed by atoms with E-state index in [9.17, 15) is 4.79 Å². The first-order valence-electron chi connectivity index (χ1n) is 4.80. The molecule has 1 N–H and O–H groups in total. The summed E-state index contributed by atoms with van der Waals surface area (Å²) < 4.78 is 5.83. The van der Waals surface area contributed by atoms with Crippen LogP contribution in [-0.2, 0) is 0 Å². The standard InChI is InChI=1S/C11H9ClN2O2S/c1-7-2-3-8(16-7)6-13-14-11(15)9-4-5-10(12)17-9/h2-6H,1H3,(H,14,15)/b13-6+. The smallest absolute Gasteiger partial charge is 0.281 e. The highest BCUT2D eigenvalue weighted by Gasteiger charge is 2.06. The molecule has 0 aliphatic carbocycles. The van der Waals surface area contributed by atoms with Crippen LogP contribution in [0.5, 0.6) is 0 Å². The van der Waals surface area contributed by atoms with Crippen LogP contribution in [0.2, 0.25) is 4.34 Å². The van der Waals surface area contributed by atoms with E-state index < -0.39 is 0 Å². The molecule has 0 atom stereocenters. The number of amides is 1. The third-order valence-corrected chi connectivity index (χ3v) is 3.15. The number of rotatable bonds is 3. The topological polar surface area (TPSA) is 54.6 Å². The highest BCUT2D eigenvalue weighted by Crippen LogP contribution is 2.20. The third kappa shape index (κ3) is 3.18. The van der Waals surface area contributed by atoms with Crippen LogP contribution in [0.3, 0.4) is 0 Å². The Bertz CT molecular complexity index is 559. The van der Waals surface area contributed by atoms with Gasteiger partial charge >= 0.3 is 0 Å². The normalized spacial score (nSPS) is 10.9. The number of furan rings is 1. The van der Waals surface area contributed by atoms with Gasteiger partial charge in [-0.25, -0.2) is 5.43 Å². The Kier molecular flexibility index (Phi) is 3.61. The van der Waals surface area contributed by atoms with Crippen molar-refractivity contribution >= 4 is 35.1 Å². The maximum absolute atomic E-state index is 11.5. The average Bonchev–Trinajstić information content (AvgIpc) is 2.88. The highest BCUT2D eigenvalue weighted by atomic mass is 35.5. The Hall–Kier alpha value is -1.59. The van der Waals surface area contributed by atoms with E-state index in [1.54, 1.807) is 18.2 Å². The van der Waals surface area contributed by atoms with E-state index in [-0.39, 0.29) is 5.91 Å². The molecule has 0 radical (unpaired) electrons. The zero-order chi connectivity index (χ0) is 12.3. The van der Waals surface area contributed by atoms with Gasteiger partial charge in [0, 0.05) is 0 Å². The second-order valence-electron chi connectivity index (χ2n) is 3.25. The van der Waals surface area contributed by atoms with E-state index in [1.165, 1.54) is 17.6 Å².